The highest BCUT2D eigenvalue weighted by Gasteiger charge is 2.25. The van der Waals surface area contributed by atoms with Crippen LogP contribution in [0.1, 0.15) is 69.0 Å². The molecule has 12 nitrogen and oxygen atoms in total. The molecule has 286 valence electrons. The normalized spacial score (nSPS) is 17.0. The molecule has 2 fully saturated rings. The quantitative estimate of drug-likeness (QED) is 0.166. The van der Waals surface area contributed by atoms with E-state index in [1.54, 1.807) is 29.8 Å². The van der Waals surface area contributed by atoms with Gasteiger partial charge < -0.3 is 25.2 Å². The van der Waals surface area contributed by atoms with Gasteiger partial charge >= 0.3 is 0 Å². The van der Waals surface area contributed by atoms with Gasteiger partial charge in [0, 0.05) is 68.5 Å². The van der Waals surface area contributed by atoms with E-state index in [1.807, 2.05) is 56.1 Å². The number of hydrogen-bond donors (Lipinski definition) is 2. The first-order valence-corrected chi connectivity index (χ1v) is 20.2. The van der Waals surface area contributed by atoms with Crippen molar-refractivity contribution in [3.05, 3.63) is 34.6 Å². The molecule has 0 saturated carbocycles. The standard InChI is InChI=1S/C17H21N5OS.C17H23N5S.C5H12O/c1-10-7-11(2)19-17-13(10)14-15(24-17)16(20-21(14)3)18-8-12-5-4-6-22(12)9-23;1-10-9-11(2)18-17-13(10)14-15(23-17)16(20-22(14)4)19-12-5-7-21(3)8-6-12;1-5(2,3)6-4/h7,9,12H,4-6,8H2,1-3H3,(H,18,20);9,12H,5-8H2,1-4H3,(H,19,20);1-4H3. The maximum Gasteiger partial charge on any atom is 0.210 e. The number of anilines is 2. The first-order chi connectivity index (χ1) is 25.2. The van der Waals surface area contributed by atoms with E-state index in [0.29, 0.717) is 6.04 Å². The molecule has 53 heavy (non-hydrogen) atoms. The Morgan fingerprint density at radius 3 is 1.85 bits per heavy atom. The summed E-state index contributed by atoms with van der Waals surface area (Å²) >= 11 is 3.45. The average molecular weight is 761 g/mol. The number of nitrogens with one attached hydrogen (secondary N) is 2. The van der Waals surface area contributed by atoms with Gasteiger partial charge in [-0.05, 0) is 118 Å². The van der Waals surface area contributed by atoms with Crippen LogP contribution in [0.3, 0.4) is 0 Å². The molecule has 1 amide bonds. The first-order valence-electron chi connectivity index (χ1n) is 18.6. The van der Waals surface area contributed by atoms with E-state index in [4.69, 9.17) is 14.8 Å². The van der Waals surface area contributed by atoms with Gasteiger partial charge in [-0.25, -0.2) is 9.97 Å². The molecule has 2 saturated heterocycles. The molecule has 1 atom stereocenters. The highest BCUT2D eigenvalue weighted by Crippen LogP contribution is 2.40. The number of aromatic nitrogens is 6. The van der Waals surface area contributed by atoms with E-state index >= 15 is 0 Å². The number of piperidine rings is 1. The number of thiophene rings is 2. The topological polar surface area (TPSA) is 118 Å². The molecule has 1 unspecified atom stereocenters. The van der Waals surface area contributed by atoms with Crippen molar-refractivity contribution in [1.29, 1.82) is 0 Å². The van der Waals surface area contributed by atoms with Crippen molar-refractivity contribution >= 4 is 81.6 Å². The molecule has 0 bridgehead atoms. The summed E-state index contributed by atoms with van der Waals surface area (Å²) in [6.45, 7) is 18.4. The van der Waals surface area contributed by atoms with E-state index in [9.17, 15) is 4.79 Å². The molecule has 2 N–H and O–H groups in total. The Labute approximate surface area is 320 Å². The summed E-state index contributed by atoms with van der Waals surface area (Å²) < 4.78 is 11.3. The van der Waals surface area contributed by atoms with Crippen LogP contribution in [0.15, 0.2) is 12.1 Å². The van der Waals surface area contributed by atoms with E-state index in [-0.39, 0.29) is 11.6 Å². The largest absolute Gasteiger partial charge is 0.379 e. The SMILES string of the molecule is COC(C)(C)C.Cc1cc(C)c2c(n1)sc1c(NC3CCN(C)CC3)nn(C)c12.Cc1cc(C)c2c(n1)sc1c(NCC3CCCN3C=O)nn(C)c12. The van der Waals surface area contributed by atoms with Crippen LogP contribution in [0.4, 0.5) is 11.6 Å². The molecule has 0 aromatic carbocycles. The van der Waals surface area contributed by atoms with Crippen molar-refractivity contribution in [1.82, 2.24) is 39.3 Å². The Hall–Kier alpha value is -3.85. The third kappa shape index (κ3) is 8.45. The summed E-state index contributed by atoms with van der Waals surface area (Å²) in [6.07, 6.45) is 5.44. The number of methoxy groups -OCH3 is 1. The smallest absolute Gasteiger partial charge is 0.210 e. The Balaban J connectivity index is 0.000000158. The van der Waals surface area contributed by atoms with Crippen LogP contribution in [0, 0.1) is 27.7 Å². The van der Waals surface area contributed by atoms with E-state index in [0.717, 1.165) is 88.3 Å². The second-order valence-electron chi connectivity index (χ2n) is 15.6. The number of carbonyl (C=O) groups excluding carboxylic acids is 1. The summed E-state index contributed by atoms with van der Waals surface area (Å²) in [7, 11) is 7.91. The van der Waals surface area contributed by atoms with Crippen LogP contribution in [-0.4, -0.2) is 104 Å². The molecular weight excluding hydrogens is 705 g/mol. The van der Waals surface area contributed by atoms with Crippen molar-refractivity contribution in [2.75, 3.05) is 51.0 Å². The number of amides is 1. The van der Waals surface area contributed by atoms with Crippen LogP contribution in [0.5, 0.6) is 0 Å². The number of ether oxygens (including phenoxy) is 1. The van der Waals surface area contributed by atoms with E-state index in [2.05, 4.69) is 65.6 Å². The Morgan fingerprint density at radius 1 is 0.830 bits per heavy atom. The highest BCUT2D eigenvalue weighted by molar-refractivity contribution is 7.26. The van der Waals surface area contributed by atoms with Crippen molar-refractivity contribution in [3.8, 4) is 0 Å². The highest BCUT2D eigenvalue weighted by atomic mass is 32.1. The van der Waals surface area contributed by atoms with Gasteiger partial charge in [0.05, 0.1) is 26.0 Å². The summed E-state index contributed by atoms with van der Waals surface area (Å²) in [6, 6.07) is 5.06. The molecular formula is C39H56N10O2S2. The lowest BCUT2D eigenvalue weighted by molar-refractivity contribution is -0.118. The molecule has 0 spiro atoms. The van der Waals surface area contributed by atoms with Crippen LogP contribution >= 0.6 is 22.7 Å². The van der Waals surface area contributed by atoms with Crippen LogP contribution in [-0.2, 0) is 23.6 Å². The lowest BCUT2D eigenvalue weighted by Gasteiger charge is -2.29. The van der Waals surface area contributed by atoms with Gasteiger partial charge in [-0.3, -0.25) is 14.2 Å². The van der Waals surface area contributed by atoms with Crippen molar-refractivity contribution < 1.29 is 9.53 Å². The fraction of sp³-hybridized carbons (Fsp3) is 0.564. The molecule has 14 heteroatoms. The predicted molar refractivity (Wildman–Crippen MR) is 222 cm³/mol. The minimum absolute atomic E-state index is 0.0417. The van der Waals surface area contributed by atoms with Crippen LogP contribution in [0.25, 0.3) is 40.9 Å². The van der Waals surface area contributed by atoms with Gasteiger partial charge in [-0.15, -0.1) is 22.7 Å². The maximum absolute atomic E-state index is 11.1. The van der Waals surface area contributed by atoms with Crippen LogP contribution < -0.4 is 10.6 Å². The zero-order valence-corrected chi connectivity index (χ0v) is 34.9. The molecule has 2 aliphatic rings. The van der Waals surface area contributed by atoms with E-state index in [1.165, 1.54) is 45.0 Å². The summed E-state index contributed by atoms with van der Waals surface area (Å²) in [4.78, 5) is 27.0. The fourth-order valence-electron chi connectivity index (χ4n) is 7.26. The van der Waals surface area contributed by atoms with Gasteiger partial charge in [0.25, 0.3) is 0 Å². The monoisotopic (exact) mass is 760 g/mol. The summed E-state index contributed by atoms with van der Waals surface area (Å²) in [5.74, 6) is 1.92. The number of aryl methyl sites for hydroxylation is 6. The fourth-order valence-corrected chi connectivity index (χ4v) is 9.82. The Bertz CT molecular complexity index is 2220. The second kappa shape index (κ2) is 15.9. The van der Waals surface area contributed by atoms with Gasteiger partial charge in [-0.1, -0.05) is 0 Å². The Kier molecular flexibility index (Phi) is 11.6. The predicted octanol–water partition coefficient (Wildman–Crippen LogP) is 7.57. The third-order valence-corrected chi connectivity index (χ3v) is 12.4. The molecule has 2 aliphatic heterocycles. The maximum atomic E-state index is 11.1. The molecule has 6 aromatic heterocycles. The summed E-state index contributed by atoms with van der Waals surface area (Å²) in [5.41, 5.74) is 7.04. The van der Waals surface area contributed by atoms with Gasteiger partial charge in [0.1, 0.15) is 9.66 Å². The molecule has 6 aromatic rings. The number of nitrogens with zero attached hydrogens (tertiary/aromatic N) is 8. The number of carbonyl (C=O) groups is 1. The van der Waals surface area contributed by atoms with Gasteiger partial charge in [0.15, 0.2) is 11.6 Å². The van der Waals surface area contributed by atoms with E-state index < -0.39 is 0 Å². The zero-order valence-electron chi connectivity index (χ0n) is 33.3. The molecule has 8 rings (SSSR count). The third-order valence-electron chi connectivity index (χ3n) is 10.2. The molecule has 8 heterocycles. The number of rotatable bonds is 6. The van der Waals surface area contributed by atoms with Crippen LogP contribution in [0.2, 0.25) is 0 Å². The summed E-state index contributed by atoms with van der Waals surface area (Å²) in [5, 5.41) is 19.0. The van der Waals surface area contributed by atoms with Gasteiger partial charge in [0.2, 0.25) is 6.41 Å². The molecule has 0 radical (unpaired) electrons. The number of pyridine rings is 2. The zero-order chi connectivity index (χ0) is 38.2. The van der Waals surface area contributed by atoms with Gasteiger partial charge in [-0.2, -0.15) is 10.2 Å². The first kappa shape index (κ1) is 38.9. The second-order valence-corrected chi connectivity index (χ2v) is 17.6. The number of fused-ring (bicyclic) bond motifs is 6. The minimum Gasteiger partial charge on any atom is -0.379 e. The Morgan fingerprint density at radius 2 is 1.34 bits per heavy atom. The minimum atomic E-state index is 0.0417. The lowest BCUT2D eigenvalue weighted by atomic mass is 10.1. The van der Waals surface area contributed by atoms with Crippen molar-refractivity contribution in [3.63, 3.8) is 0 Å². The lowest BCUT2D eigenvalue weighted by Crippen LogP contribution is -2.36. The number of likely N-dealkylation sites (tertiary alicyclic amines) is 2. The number of hydrogen-bond acceptors (Lipinski definition) is 11. The van der Waals surface area contributed by atoms with Crippen molar-refractivity contribution in [2.45, 2.75) is 91.8 Å². The average Bonchev–Trinajstić information content (AvgIpc) is 3.90. The van der Waals surface area contributed by atoms with Crippen molar-refractivity contribution in [2.24, 2.45) is 14.1 Å². The molecule has 0 aliphatic carbocycles.